The van der Waals surface area contributed by atoms with Gasteiger partial charge in [-0.25, -0.2) is 0 Å². The molecule has 0 amide bonds. The molecular weight excluding hydrogens is 717 g/mol. The quantitative estimate of drug-likeness (QED) is 0.170. The van der Waals surface area contributed by atoms with Crippen LogP contribution in [0.3, 0.4) is 0 Å². The van der Waals surface area contributed by atoms with E-state index in [1.54, 1.807) is 7.11 Å². The third-order valence-corrected chi connectivity index (χ3v) is 12.5. The second-order valence-corrected chi connectivity index (χ2v) is 21.0. The fourth-order valence-corrected chi connectivity index (χ4v) is 8.64. The molecule has 5 aromatic carbocycles. The Morgan fingerprint density at radius 3 is 1.37 bits per heavy atom. The zero-order valence-corrected chi connectivity index (χ0v) is 37.9. The topological polar surface area (TPSA) is 33.6 Å². The van der Waals surface area contributed by atoms with Crippen molar-refractivity contribution in [3.05, 3.63) is 184 Å². The minimum atomic E-state index is -0.161. The lowest BCUT2D eigenvalue weighted by molar-refractivity contribution is 0.413. The lowest BCUT2D eigenvalue weighted by atomic mass is 9.74. The Morgan fingerprint density at radius 2 is 0.932 bits per heavy atom. The van der Waals surface area contributed by atoms with Crippen molar-refractivity contribution in [2.45, 2.75) is 129 Å². The highest BCUT2D eigenvalue weighted by molar-refractivity contribution is 6.15. The highest BCUT2D eigenvalue weighted by Gasteiger charge is 2.43. The number of hydrogen-bond acceptors (Lipinski definition) is 3. The van der Waals surface area contributed by atoms with Gasteiger partial charge in [-0.05, 0) is 95.5 Å². The van der Waals surface area contributed by atoms with E-state index >= 15 is 0 Å². The van der Waals surface area contributed by atoms with Crippen LogP contribution < -0.4 is 10.1 Å². The Balaban J connectivity index is 1.41. The first kappa shape index (κ1) is 42.0. The summed E-state index contributed by atoms with van der Waals surface area (Å²) in [5, 5.41) is 4.18. The van der Waals surface area contributed by atoms with Gasteiger partial charge in [-0.3, -0.25) is 4.99 Å². The largest absolute Gasteiger partial charge is 0.497 e. The molecule has 0 aliphatic carbocycles. The first-order valence-electron chi connectivity index (χ1n) is 21.6. The van der Waals surface area contributed by atoms with Gasteiger partial charge < -0.3 is 10.1 Å². The van der Waals surface area contributed by atoms with E-state index in [1.165, 1.54) is 55.8 Å². The molecule has 0 aromatic heterocycles. The van der Waals surface area contributed by atoms with Gasteiger partial charge in [-0.1, -0.05) is 198 Å². The lowest BCUT2D eigenvalue weighted by Crippen LogP contribution is -2.39. The summed E-state index contributed by atoms with van der Waals surface area (Å²) in [7, 11) is 1.74. The lowest BCUT2D eigenvalue weighted by Gasteiger charge is -2.35. The van der Waals surface area contributed by atoms with Crippen molar-refractivity contribution in [2.24, 2.45) is 4.99 Å². The molecule has 4 unspecified atom stereocenters. The number of rotatable bonds is 8. The summed E-state index contributed by atoms with van der Waals surface area (Å²) < 4.78 is 5.71. The van der Waals surface area contributed by atoms with Crippen LogP contribution in [0.2, 0.25) is 0 Å². The van der Waals surface area contributed by atoms with Crippen LogP contribution in [0.5, 0.6) is 5.75 Å². The molecule has 4 atom stereocenters. The second kappa shape index (κ2) is 15.8. The summed E-state index contributed by atoms with van der Waals surface area (Å²) in [6.07, 6.45) is 4.84. The average molecular weight is 783 g/mol. The molecule has 3 heteroatoms. The highest BCUT2D eigenvalue weighted by atomic mass is 16.5. The summed E-state index contributed by atoms with van der Waals surface area (Å²) in [5.41, 5.74) is 15.1. The van der Waals surface area contributed by atoms with Gasteiger partial charge in [0.05, 0.1) is 18.9 Å². The number of aliphatic imine (C=N–C) groups is 1. The van der Waals surface area contributed by atoms with Gasteiger partial charge in [0.15, 0.2) is 0 Å². The Morgan fingerprint density at radius 1 is 0.508 bits per heavy atom. The van der Waals surface area contributed by atoms with Crippen molar-refractivity contribution in [2.75, 3.05) is 7.11 Å². The molecule has 0 radical (unpaired) electrons. The van der Waals surface area contributed by atoms with Crippen LogP contribution in [0.15, 0.2) is 138 Å². The molecule has 0 saturated heterocycles. The first-order valence-corrected chi connectivity index (χ1v) is 21.6. The van der Waals surface area contributed by atoms with Crippen molar-refractivity contribution in [3.63, 3.8) is 0 Å². The van der Waals surface area contributed by atoms with Crippen molar-refractivity contribution in [1.82, 2.24) is 5.32 Å². The van der Waals surface area contributed by atoms with Crippen molar-refractivity contribution in [3.8, 4) is 5.75 Å². The monoisotopic (exact) mass is 783 g/mol. The number of benzene rings is 5. The van der Waals surface area contributed by atoms with E-state index in [4.69, 9.17) is 9.73 Å². The average Bonchev–Trinajstić information content (AvgIpc) is 3.83. The maximum absolute atomic E-state index is 5.78. The SMILES string of the molecule is COc1ccc(C(C2N=C(c3ccc(C(C)(C)C)cc3)C=C2c2ccc(C(C)(C)C)cc2)C2NC(c3ccc(C(C)(C)C)cc3)=CC2c2ccc(C(C)(C)C)cc2)cc1. The second-order valence-electron chi connectivity index (χ2n) is 21.0. The standard InChI is InChI=1S/C56H66N2O/c1-53(2,3)41-24-14-36(15-25-41)46-34-48(38-18-28-43(29-19-38)55(7,8)9)57-51(46)50(40-22-32-45(59-13)33-23-40)52-47(37-16-26-42(27-17-37)54(4,5)6)35-49(58-52)39-20-30-44(31-21-39)56(10,11)12/h14-35,46,50-52,57H,1-13H3. The minimum absolute atomic E-state index is 0.00482. The molecule has 2 aliphatic heterocycles. The Bertz CT molecular complexity index is 2330. The van der Waals surface area contributed by atoms with Crippen LogP contribution in [0.1, 0.15) is 145 Å². The molecule has 0 bridgehead atoms. The maximum Gasteiger partial charge on any atom is 0.118 e. The van der Waals surface area contributed by atoms with Gasteiger partial charge in [0.2, 0.25) is 0 Å². The summed E-state index contributed by atoms with van der Waals surface area (Å²) in [4.78, 5) is 5.78. The number of methoxy groups -OCH3 is 1. The van der Waals surface area contributed by atoms with E-state index in [2.05, 4.69) is 222 Å². The van der Waals surface area contributed by atoms with E-state index in [0.29, 0.717) is 0 Å². The summed E-state index contributed by atoms with van der Waals surface area (Å²) in [5.74, 6) is 0.904. The molecule has 0 saturated carbocycles. The third-order valence-electron chi connectivity index (χ3n) is 12.5. The van der Waals surface area contributed by atoms with Gasteiger partial charge in [0.25, 0.3) is 0 Å². The maximum atomic E-state index is 5.78. The number of hydrogen-bond donors (Lipinski definition) is 1. The van der Waals surface area contributed by atoms with Gasteiger partial charge in [0, 0.05) is 23.6 Å². The van der Waals surface area contributed by atoms with Crippen LogP contribution in [0, 0.1) is 0 Å². The number of ether oxygens (including phenoxy) is 1. The molecule has 306 valence electrons. The molecule has 0 fully saturated rings. The normalized spacial score (nSPS) is 19.1. The van der Waals surface area contributed by atoms with E-state index in [0.717, 1.165) is 17.0 Å². The number of nitrogens with one attached hydrogen (secondary N) is 1. The van der Waals surface area contributed by atoms with Crippen LogP contribution >= 0.6 is 0 Å². The van der Waals surface area contributed by atoms with Gasteiger partial charge in [-0.2, -0.15) is 0 Å². The molecule has 1 N–H and O–H groups in total. The fraction of sp³-hybridized carbons (Fsp3) is 0.375. The first-order chi connectivity index (χ1) is 27.7. The number of allylic oxidation sites excluding steroid dienone is 1. The number of nitrogens with zero attached hydrogens (tertiary/aromatic N) is 1. The van der Waals surface area contributed by atoms with E-state index < -0.39 is 0 Å². The van der Waals surface area contributed by atoms with Crippen LogP contribution in [-0.2, 0) is 21.7 Å². The van der Waals surface area contributed by atoms with E-state index in [1.807, 2.05) is 0 Å². The predicted molar refractivity (Wildman–Crippen MR) is 252 cm³/mol. The molecule has 59 heavy (non-hydrogen) atoms. The van der Waals surface area contributed by atoms with Crippen molar-refractivity contribution >= 4 is 17.0 Å². The highest BCUT2D eigenvalue weighted by Crippen LogP contribution is 2.47. The molecule has 0 spiro atoms. The van der Waals surface area contributed by atoms with Crippen LogP contribution in [0.4, 0.5) is 0 Å². The molecule has 7 rings (SSSR count). The Kier molecular flexibility index (Phi) is 11.2. The van der Waals surface area contributed by atoms with E-state index in [9.17, 15) is 0 Å². The molecule has 2 aliphatic rings. The molecule has 2 heterocycles. The summed E-state index contributed by atoms with van der Waals surface area (Å²) >= 11 is 0. The van der Waals surface area contributed by atoms with Crippen LogP contribution in [-0.4, -0.2) is 24.9 Å². The zero-order chi connectivity index (χ0) is 42.5. The Hall–Kier alpha value is -5.15. The fourth-order valence-electron chi connectivity index (χ4n) is 8.64. The van der Waals surface area contributed by atoms with Crippen molar-refractivity contribution < 1.29 is 4.74 Å². The third kappa shape index (κ3) is 9.05. The molecule has 3 nitrogen and oxygen atoms in total. The summed E-state index contributed by atoms with van der Waals surface area (Å²) in [6, 6.07) is 45.4. The molecular formula is C56H66N2O. The smallest absolute Gasteiger partial charge is 0.118 e. The minimum Gasteiger partial charge on any atom is -0.497 e. The van der Waals surface area contributed by atoms with Crippen molar-refractivity contribution in [1.29, 1.82) is 0 Å². The summed E-state index contributed by atoms with van der Waals surface area (Å²) in [6.45, 7) is 27.3. The predicted octanol–water partition coefficient (Wildman–Crippen LogP) is 13.7. The van der Waals surface area contributed by atoms with Gasteiger partial charge in [-0.15, -0.1) is 0 Å². The zero-order valence-electron chi connectivity index (χ0n) is 37.9. The van der Waals surface area contributed by atoms with Gasteiger partial charge >= 0.3 is 0 Å². The van der Waals surface area contributed by atoms with Crippen LogP contribution in [0.25, 0.3) is 11.3 Å². The molecule has 5 aromatic rings. The van der Waals surface area contributed by atoms with E-state index in [-0.39, 0.29) is 45.6 Å². The Labute approximate surface area is 355 Å². The van der Waals surface area contributed by atoms with Gasteiger partial charge in [0.1, 0.15) is 5.75 Å².